The molecule has 0 aromatic heterocycles. The van der Waals surface area contributed by atoms with Gasteiger partial charge in [0.25, 0.3) is 0 Å². The van der Waals surface area contributed by atoms with Crippen molar-refractivity contribution in [3.63, 3.8) is 0 Å². The highest BCUT2D eigenvalue weighted by Crippen LogP contribution is 2.17. The van der Waals surface area contributed by atoms with E-state index in [1.54, 1.807) is 0 Å². The van der Waals surface area contributed by atoms with Crippen molar-refractivity contribution in [1.29, 1.82) is 0 Å². The van der Waals surface area contributed by atoms with E-state index >= 15 is 0 Å². The van der Waals surface area contributed by atoms with E-state index in [2.05, 4.69) is 47.9 Å². The molecule has 9 amide bonds. The predicted molar refractivity (Wildman–Crippen MR) is 470 cm³/mol. The molecule has 0 aliphatic carbocycles. The first-order valence-corrected chi connectivity index (χ1v) is 45.7. The monoisotopic (exact) mass is 1890 g/mol. The minimum absolute atomic E-state index is 0.0210. The van der Waals surface area contributed by atoms with Crippen molar-refractivity contribution >= 4 is 82.5 Å². The molecule has 0 heterocycles. The van der Waals surface area contributed by atoms with Crippen LogP contribution < -0.4 is 47.9 Å². The number of carbonyl (C=O) groups excluding carboxylic acids is 12. The molecule has 760 valence electrons. The Morgan fingerprint density at radius 2 is 0.397 bits per heavy atom. The molecule has 131 heavy (non-hydrogen) atoms. The van der Waals surface area contributed by atoms with E-state index in [1.165, 1.54) is 45.4 Å². The van der Waals surface area contributed by atoms with E-state index in [1.807, 2.05) is 0 Å². The molecule has 0 rings (SSSR count). The number of carboxylic acid groups (broad SMARTS) is 2. The van der Waals surface area contributed by atoms with Crippen molar-refractivity contribution < 1.29 is 172 Å². The highest BCUT2D eigenvalue weighted by Gasteiger charge is 2.23. The quantitative estimate of drug-likeness (QED) is 0.0328. The summed E-state index contributed by atoms with van der Waals surface area (Å²) in [6.45, 7) is 8.49. The van der Waals surface area contributed by atoms with Crippen LogP contribution in [0.25, 0.3) is 0 Å². The molecule has 0 aliphatic rings. The summed E-state index contributed by atoms with van der Waals surface area (Å²) >= 11 is 0. The molecule has 45 nitrogen and oxygen atoms in total. The van der Waals surface area contributed by atoms with Crippen LogP contribution in [-0.2, 0) is 162 Å². The highest BCUT2D eigenvalue weighted by atomic mass is 16.6. The number of nitrogens with one attached hydrogen (secondary N) is 9. The van der Waals surface area contributed by atoms with Gasteiger partial charge >= 0.3 is 11.9 Å². The predicted octanol–water partition coefficient (Wildman–Crippen LogP) is -0.931. The van der Waals surface area contributed by atoms with Gasteiger partial charge in [0.05, 0.1) is 198 Å². The van der Waals surface area contributed by atoms with Crippen molar-refractivity contribution in [2.24, 2.45) is 5.92 Å². The Labute approximate surface area is 770 Å². The molecule has 45 heteroatoms. The van der Waals surface area contributed by atoms with Gasteiger partial charge < -0.3 is 153 Å². The summed E-state index contributed by atoms with van der Waals surface area (Å²) in [6, 6.07) is 0. The number of carboxylic acids is 2. The second kappa shape index (κ2) is 96.9. The number of rotatable bonds is 104. The zero-order valence-corrected chi connectivity index (χ0v) is 77.3. The number of hydrogen-bond donors (Lipinski definition) is 11. The summed E-state index contributed by atoms with van der Waals surface area (Å²) in [5, 5.41) is 42.3. The van der Waals surface area contributed by atoms with Crippen molar-refractivity contribution in [3.8, 4) is 0 Å². The van der Waals surface area contributed by atoms with E-state index in [0.717, 1.165) is 51.4 Å². The molecular formula is C86H155N9O36. The van der Waals surface area contributed by atoms with Gasteiger partial charge in [0, 0.05) is 97.6 Å². The minimum atomic E-state index is -1.09. The first-order valence-electron chi connectivity index (χ1n) is 45.7. The molecule has 1 atom stereocenters. The molecular weight excluding hydrogens is 1730 g/mol. The molecule has 0 saturated heterocycles. The number of Topliss-reactive ketones (excluding diaryl/α,β-unsaturated/α-hetero) is 3. The Balaban J connectivity index is 3.50. The standard InChI is InChI=1S/C86H155N9O36/c1-72(96)62-122-51-41-112-31-16-18-75(98)63-123-52-42-114-33-23-88-77(100)65-125-54-44-116-35-25-90-79(102)67-127-56-46-118-37-27-92-81(104)69-129-58-48-120-39-29-94-83(106)71-131-60-50-121-40-30-95-84(107)70-130-59-49-119-38-28-93-82(105)68-128-57-47-117-36-26-91-80(103)66-126-55-45-115-34-24-89-78(101)64-124-53-43-113-32-22-87-76(99)21-20-73(86(110)111)61-74(97)17-14-12-10-8-6-4-2-3-5-7-9-11-13-15-19-85(108)109/h73H,2-71H2,1H3,(H,87,99)(H,88,100)(H,89,101)(H,90,102)(H,91,103)(H,92,104)(H,93,105)(H,94,106)(H,95,107)(H,108,109)(H,110,111)/t73-/m1/s1. The van der Waals surface area contributed by atoms with Crippen LogP contribution in [0.1, 0.15) is 142 Å². The average molecular weight is 1890 g/mol. The van der Waals surface area contributed by atoms with Crippen LogP contribution in [0.3, 0.4) is 0 Å². The molecule has 0 aliphatic heterocycles. The third-order valence-electron chi connectivity index (χ3n) is 17.7. The second-order valence-corrected chi connectivity index (χ2v) is 29.3. The van der Waals surface area contributed by atoms with Crippen molar-refractivity contribution in [1.82, 2.24) is 47.9 Å². The average Bonchev–Trinajstić information content (AvgIpc) is 0.927. The molecule has 0 aromatic rings. The van der Waals surface area contributed by atoms with Gasteiger partial charge in [-0.25, -0.2) is 0 Å². The van der Waals surface area contributed by atoms with Gasteiger partial charge in [-0.2, -0.15) is 0 Å². The maximum atomic E-state index is 12.5. The summed E-state index contributed by atoms with van der Waals surface area (Å²) in [4.78, 5) is 166. The maximum Gasteiger partial charge on any atom is 0.306 e. The molecule has 0 fully saturated rings. The highest BCUT2D eigenvalue weighted by molar-refractivity contribution is 5.85. The number of amides is 9. The van der Waals surface area contributed by atoms with Crippen LogP contribution in [-0.4, -0.2) is 416 Å². The first kappa shape index (κ1) is 123. The Kier molecular flexibility index (Phi) is 91.3. The zero-order valence-electron chi connectivity index (χ0n) is 77.3. The lowest BCUT2D eigenvalue weighted by molar-refractivity contribution is -0.144. The van der Waals surface area contributed by atoms with Gasteiger partial charge in [0.15, 0.2) is 11.6 Å². The molecule has 0 radical (unpaired) electrons. The number of ether oxygens (including phenoxy) is 20. The van der Waals surface area contributed by atoms with E-state index in [-0.39, 0.29) is 400 Å². The Hall–Kier alpha value is -7.62. The number of unbranched alkanes of at least 4 members (excludes halogenated alkanes) is 13. The lowest BCUT2D eigenvalue weighted by Gasteiger charge is -2.12. The zero-order chi connectivity index (χ0) is 95.7. The van der Waals surface area contributed by atoms with Crippen molar-refractivity contribution in [2.45, 2.75) is 142 Å². The van der Waals surface area contributed by atoms with Crippen LogP contribution in [0.5, 0.6) is 0 Å². The first-order chi connectivity index (χ1) is 63.8. The SMILES string of the molecule is CC(=O)COCCOCCCC(=O)COCCOCCNC(=O)COCCOCCNC(=O)COCCOCCNC(=O)COCCOCCNC(=O)COCCOCCNC(=O)COCCOCCNC(=O)COCCOCCNC(=O)COCCOCCNC(=O)COCCOCCNC(=O)CC[C@H](CC(=O)CCCCCCCCCCCCCCCCC(=O)O)C(=O)O. The molecule has 0 saturated carbocycles. The van der Waals surface area contributed by atoms with Gasteiger partial charge in [-0.3, -0.25) is 67.1 Å². The molecule has 11 N–H and O–H groups in total. The van der Waals surface area contributed by atoms with Crippen molar-refractivity contribution in [2.75, 3.05) is 323 Å². The van der Waals surface area contributed by atoms with Crippen LogP contribution in [0.15, 0.2) is 0 Å². The van der Waals surface area contributed by atoms with Crippen LogP contribution in [0, 0.1) is 5.92 Å². The lowest BCUT2D eigenvalue weighted by atomic mass is 9.94. The van der Waals surface area contributed by atoms with Gasteiger partial charge in [-0.05, 0) is 32.6 Å². The Morgan fingerprint density at radius 3 is 0.634 bits per heavy atom. The summed E-state index contributed by atoms with van der Waals surface area (Å²) in [5.74, 6) is -6.01. The largest absolute Gasteiger partial charge is 0.481 e. The lowest BCUT2D eigenvalue weighted by Crippen LogP contribution is -2.33. The second-order valence-electron chi connectivity index (χ2n) is 29.3. The summed E-state index contributed by atoms with van der Waals surface area (Å²) in [7, 11) is 0. The summed E-state index contributed by atoms with van der Waals surface area (Å²) in [6.07, 6.45) is 16.5. The fraction of sp³-hybridized carbons (Fsp3) is 0.837. The minimum Gasteiger partial charge on any atom is -0.481 e. The van der Waals surface area contributed by atoms with Crippen LogP contribution in [0.2, 0.25) is 0 Å². The molecule has 0 aromatic carbocycles. The van der Waals surface area contributed by atoms with E-state index in [4.69, 9.17) is 99.8 Å². The van der Waals surface area contributed by atoms with E-state index in [0.29, 0.717) is 39.1 Å². The number of aliphatic carboxylic acids is 2. The van der Waals surface area contributed by atoms with Crippen molar-refractivity contribution in [3.05, 3.63) is 0 Å². The van der Waals surface area contributed by atoms with Gasteiger partial charge in [0.1, 0.15) is 71.9 Å². The smallest absolute Gasteiger partial charge is 0.306 e. The normalized spacial score (nSPS) is 11.4. The molecule has 0 bridgehead atoms. The third-order valence-corrected chi connectivity index (χ3v) is 17.7. The summed E-state index contributed by atoms with van der Waals surface area (Å²) in [5.41, 5.74) is 0. The van der Waals surface area contributed by atoms with Gasteiger partial charge in [-0.1, -0.05) is 77.0 Å². The fourth-order valence-corrected chi connectivity index (χ4v) is 10.9. The number of ketones is 3. The van der Waals surface area contributed by atoms with E-state index in [9.17, 15) is 72.2 Å². The fourth-order valence-electron chi connectivity index (χ4n) is 10.9. The Bertz CT molecular complexity index is 2900. The van der Waals surface area contributed by atoms with Gasteiger partial charge in [-0.15, -0.1) is 0 Å². The van der Waals surface area contributed by atoms with Crippen LogP contribution >= 0.6 is 0 Å². The Morgan fingerprint density at radius 1 is 0.198 bits per heavy atom. The number of carbonyl (C=O) groups is 14. The topological polar surface area (TPSA) is 572 Å². The van der Waals surface area contributed by atoms with Gasteiger partial charge in [0.2, 0.25) is 53.2 Å². The number of hydrogen-bond acceptors (Lipinski definition) is 34. The third kappa shape index (κ3) is 98.2. The van der Waals surface area contributed by atoms with E-state index < -0.39 is 17.9 Å². The van der Waals surface area contributed by atoms with Crippen LogP contribution in [0.4, 0.5) is 0 Å². The maximum absolute atomic E-state index is 12.5. The molecule has 0 spiro atoms. The molecule has 0 unspecified atom stereocenters. The summed E-state index contributed by atoms with van der Waals surface area (Å²) < 4.78 is 107.